The van der Waals surface area contributed by atoms with Gasteiger partial charge in [-0.2, -0.15) is 0 Å². The molecule has 1 heterocycles. The molecule has 0 bridgehead atoms. The lowest BCUT2D eigenvalue weighted by Gasteiger charge is -1.93. The number of benzene rings is 1. The molecule has 13 heavy (non-hydrogen) atoms. The predicted molar refractivity (Wildman–Crippen MR) is 43.9 cm³/mol. The number of rotatable bonds is 0. The summed E-state index contributed by atoms with van der Waals surface area (Å²) in [6.45, 7) is 0. The Morgan fingerprint density at radius 2 is 1.92 bits per heavy atom. The molecular formula is C7H3F3N2S. The van der Waals surface area contributed by atoms with Gasteiger partial charge in [-0.15, -0.1) is 0 Å². The van der Waals surface area contributed by atoms with Gasteiger partial charge in [-0.05, 0) is 0 Å². The van der Waals surface area contributed by atoms with E-state index in [1.807, 2.05) is 0 Å². The molecule has 2 nitrogen and oxygen atoms in total. The molecule has 0 aliphatic rings. The Hall–Kier alpha value is -1.30. The van der Waals surface area contributed by atoms with E-state index in [2.05, 4.69) is 4.98 Å². The zero-order valence-electron chi connectivity index (χ0n) is 6.14. The molecule has 0 saturated heterocycles. The van der Waals surface area contributed by atoms with Gasteiger partial charge < -0.3 is 5.73 Å². The van der Waals surface area contributed by atoms with Crippen LogP contribution >= 0.6 is 11.3 Å². The summed E-state index contributed by atoms with van der Waals surface area (Å²) < 4.78 is 38.3. The first-order valence-corrected chi connectivity index (χ1v) is 4.10. The molecule has 1 aromatic heterocycles. The van der Waals surface area contributed by atoms with Gasteiger partial charge in [0.05, 0.1) is 4.70 Å². The van der Waals surface area contributed by atoms with E-state index >= 15 is 0 Å². The Balaban J connectivity index is 2.95. The van der Waals surface area contributed by atoms with Gasteiger partial charge in [-0.1, -0.05) is 11.3 Å². The second kappa shape index (κ2) is 2.59. The van der Waals surface area contributed by atoms with Crippen molar-refractivity contribution >= 4 is 26.7 Å². The zero-order chi connectivity index (χ0) is 9.59. The zero-order valence-corrected chi connectivity index (χ0v) is 6.96. The molecule has 68 valence electrons. The van der Waals surface area contributed by atoms with Gasteiger partial charge in [0.2, 0.25) is 0 Å². The molecule has 0 atom stereocenters. The largest absolute Gasteiger partial charge is 0.375 e. The van der Waals surface area contributed by atoms with Gasteiger partial charge in [0, 0.05) is 6.07 Å². The van der Waals surface area contributed by atoms with Crippen molar-refractivity contribution in [3.8, 4) is 0 Å². The van der Waals surface area contributed by atoms with Crippen molar-refractivity contribution in [3.63, 3.8) is 0 Å². The average molecular weight is 204 g/mol. The number of anilines is 1. The number of nitrogen functional groups attached to an aromatic ring is 1. The predicted octanol–water partition coefficient (Wildman–Crippen LogP) is 2.30. The lowest BCUT2D eigenvalue weighted by Crippen LogP contribution is -1.88. The van der Waals surface area contributed by atoms with Crippen LogP contribution in [0.25, 0.3) is 10.2 Å². The lowest BCUT2D eigenvalue weighted by molar-refractivity contribution is 0.506. The van der Waals surface area contributed by atoms with Crippen molar-refractivity contribution < 1.29 is 13.2 Å². The Morgan fingerprint density at radius 3 is 2.62 bits per heavy atom. The highest BCUT2D eigenvalue weighted by Gasteiger charge is 2.15. The molecule has 1 aromatic carbocycles. The number of nitrogens with zero attached hydrogens (tertiary/aromatic N) is 1. The van der Waals surface area contributed by atoms with E-state index in [1.54, 1.807) is 0 Å². The molecule has 6 heteroatoms. The minimum absolute atomic E-state index is 0.0124. The Kier molecular flexibility index (Phi) is 1.66. The smallest absolute Gasteiger partial charge is 0.181 e. The second-order valence-corrected chi connectivity index (χ2v) is 3.41. The van der Waals surface area contributed by atoms with Crippen molar-refractivity contribution in [3.05, 3.63) is 23.5 Å². The topological polar surface area (TPSA) is 38.9 Å². The Morgan fingerprint density at radius 1 is 1.23 bits per heavy atom. The maximum absolute atomic E-state index is 13.0. The van der Waals surface area contributed by atoms with Gasteiger partial charge in [0.1, 0.15) is 5.52 Å². The van der Waals surface area contributed by atoms with Crippen molar-refractivity contribution in [1.29, 1.82) is 0 Å². The van der Waals surface area contributed by atoms with Crippen LogP contribution in [0.3, 0.4) is 0 Å². The highest BCUT2D eigenvalue weighted by molar-refractivity contribution is 7.22. The number of thiazole rings is 1. The molecule has 2 aromatic rings. The Bertz CT molecular complexity index is 480. The maximum Gasteiger partial charge on any atom is 0.181 e. The first kappa shape index (κ1) is 8.31. The van der Waals surface area contributed by atoms with Gasteiger partial charge in [-0.3, -0.25) is 0 Å². The maximum atomic E-state index is 13.0. The molecule has 0 unspecified atom stereocenters. The van der Waals surface area contributed by atoms with Crippen LogP contribution in [0.5, 0.6) is 0 Å². The van der Waals surface area contributed by atoms with Crippen molar-refractivity contribution in [2.45, 2.75) is 0 Å². The quantitative estimate of drug-likeness (QED) is 0.668. The van der Waals surface area contributed by atoms with E-state index in [-0.39, 0.29) is 15.3 Å². The normalized spacial score (nSPS) is 11.0. The summed E-state index contributed by atoms with van der Waals surface area (Å²) in [4.78, 5) is 3.53. The summed E-state index contributed by atoms with van der Waals surface area (Å²) in [5.74, 6) is -3.24. The number of hydrogen-bond acceptors (Lipinski definition) is 3. The number of aromatic nitrogens is 1. The molecule has 0 aliphatic carbocycles. The van der Waals surface area contributed by atoms with E-state index in [9.17, 15) is 13.2 Å². The average Bonchev–Trinajstić information content (AvgIpc) is 2.44. The van der Waals surface area contributed by atoms with Crippen LogP contribution in [0.1, 0.15) is 0 Å². The summed E-state index contributed by atoms with van der Waals surface area (Å²) in [6, 6.07) is 0.455. The number of hydrogen-bond donors (Lipinski definition) is 1. The second-order valence-electron chi connectivity index (χ2n) is 2.38. The van der Waals surface area contributed by atoms with Gasteiger partial charge in [-0.25, -0.2) is 18.2 Å². The van der Waals surface area contributed by atoms with Crippen molar-refractivity contribution in [2.24, 2.45) is 0 Å². The monoisotopic (exact) mass is 204 g/mol. The van der Waals surface area contributed by atoms with E-state index in [1.165, 1.54) is 0 Å². The van der Waals surface area contributed by atoms with Gasteiger partial charge in [0.25, 0.3) is 0 Å². The number of nitrogens with two attached hydrogens (primary N) is 1. The van der Waals surface area contributed by atoms with Crippen LogP contribution in [0.4, 0.5) is 18.3 Å². The van der Waals surface area contributed by atoms with Crippen molar-refractivity contribution in [2.75, 3.05) is 5.73 Å². The van der Waals surface area contributed by atoms with Crippen LogP contribution in [-0.4, -0.2) is 4.98 Å². The fourth-order valence-electron chi connectivity index (χ4n) is 0.999. The fourth-order valence-corrected chi connectivity index (χ4v) is 1.77. The van der Waals surface area contributed by atoms with Gasteiger partial charge in [0.15, 0.2) is 22.6 Å². The van der Waals surface area contributed by atoms with E-state index in [0.717, 1.165) is 11.3 Å². The van der Waals surface area contributed by atoms with Crippen LogP contribution in [0.2, 0.25) is 0 Å². The van der Waals surface area contributed by atoms with Crippen molar-refractivity contribution in [1.82, 2.24) is 4.98 Å². The third kappa shape index (κ3) is 1.14. The molecule has 0 fully saturated rings. The van der Waals surface area contributed by atoms with Crippen LogP contribution in [0, 0.1) is 17.5 Å². The van der Waals surface area contributed by atoms with Crippen LogP contribution in [0.15, 0.2) is 6.07 Å². The molecule has 0 radical (unpaired) electrons. The molecule has 2 N–H and O–H groups in total. The third-order valence-electron chi connectivity index (χ3n) is 1.53. The van der Waals surface area contributed by atoms with E-state index in [0.29, 0.717) is 6.07 Å². The third-order valence-corrected chi connectivity index (χ3v) is 2.41. The SMILES string of the molecule is Nc1nc2c(F)cc(F)c(F)c2s1. The minimum Gasteiger partial charge on any atom is -0.375 e. The summed E-state index contributed by atoms with van der Waals surface area (Å²) in [7, 11) is 0. The molecule has 0 saturated carbocycles. The highest BCUT2D eigenvalue weighted by Crippen LogP contribution is 2.29. The molecule has 2 rings (SSSR count). The minimum atomic E-state index is -1.23. The number of halogens is 3. The van der Waals surface area contributed by atoms with Gasteiger partial charge >= 0.3 is 0 Å². The first-order valence-electron chi connectivity index (χ1n) is 3.29. The molecular weight excluding hydrogens is 201 g/mol. The summed E-state index contributed by atoms with van der Waals surface area (Å²) >= 11 is 0.719. The highest BCUT2D eigenvalue weighted by atomic mass is 32.1. The van der Waals surface area contributed by atoms with Crippen LogP contribution in [-0.2, 0) is 0 Å². The summed E-state index contributed by atoms with van der Waals surface area (Å²) in [5.41, 5.74) is 5.01. The molecule has 0 aliphatic heterocycles. The lowest BCUT2D eigenvalue weighted by atomic mass is 10.3. The fraction of sp³-hybridized carbons (Fsp3) is 0. The molecule has 0 spiro atoms. The summed E-state index contributed by atoms with van der Waals surface area (Å²) in [6.07, 6.45) is 0. The van der Waals surface area contributed by atoms with E-state index in [4.69, 9.17) is 5.73 Å². The first-order chi connectivity index (χ1) is 6.09. The number of fused-ring (bicyclic) bond motifs is 1. The van der Waals surface area contributed by atoms with Crippen LogP contribution < -0.4 is 5.73 Å². The Labute approximate surface area is 74.8 Å². The molecule has 0 amide bonds. The summed E-state index contributed by atoms with van der Waals surface area (Å²) in [5, 5.41) is 0.0124. The van der Waals surface area contributed by atoms with E-state index < -0.39 is 17.5 Å². The standard InChI is InChI=1S/C7H3F3N2S/c8-2-1-3(9)5-6(4(2)10)13-7(11)12-5/h1H,(H2,11,12).